The predicted octanol–water partition coefficient (Wildman–Crippen LogP) is 5.96. The van der Waals surface area contributed by atoms with Gasteiger partial charge in [0.1, 0.15) is 0 Å². The molecule has 0 saturated carbocycles. The second-order valence-electron chi connectivity index (χ2n) is 5.69. The number of carbonyl (C=O) groups excluding carboxylic acids is 1. The lowest BCUT2D eigenvalue weighted by Crippen LogP contribution is -2.17. The second-order valence-corrected chi connectivity index (χ2v) is 8.10. The van der Waals surface area contributed by atoms with Gasteiger partial charge in [0.25, 0.3) is 5.91 Å². The molecule has 3 aromatic rings. The van der Waals surface area contributed by atoms with Crippen molar-refractivity contribution in [3.05, 3.63) is 73.3 Å². The third-order valence-electron chi connectivity index (χ3n) is 4.00. The van der Waals surface area contributed by atoms with Gasteiger partial charge in [-0.3, -0.25) is 4.79 Å². The van der Waals surface area contributed by atoms with Crippen LogP contribution in [0.5, 0.6) is 0 Å². The first-order chi connectivity index (χ1) is 12.5. The van der Waals surface area contributed by atoms with E-state index in [4.69, 9.17) is 11.6 Å². The van der Waals surface area contributed by atoms with Crippen LogP contribution in [0.15, 0.2) is 58.0 Å². The third-order valence-corrected chi connectivity index (χ3v) is 5.97. The lowest BCUT2D eigenvalue weighted by atomic mass is 10.1. The molecule has 6 heteroatoms. The molecule has 0 saturated heterocycles. The molecule has 0 aliphatic rings. The van der Waals surface area contributed by atoms with E-state index in [0.717, 1.165) is 33.5 Å². The summed E-state index contributed by atoms with van der Waals surface area (Å²) in [6.45, 7) is 4.92. The molecule has 0 bridgehead atoms. The maximum absolute atomic E-state index is 12.6. The summed E-state index contributed by atoms with van der Waals surface area (Å²) in [6.07, 6.45) is 0.878. The van der Waals surface area contributed by atoms with E-state index in [1.54, 1.807) is 23.5 Å². The zero-order valence-electron chi connectivity index (χ0n) is 14.5. The normalized spacial score (nSPS) is 11.8. The van der Waals surface area contributed by atoms with E-state index < -0.39 is 0 Å². The van der Waals surface area contributed by atoms with Gasteiger partial charge in [0.05, 0.1) is 5.69 Å². The van der Waals surface area contributed by atoms with Crippen LogP contribution in [0.25, 0.3) is 11.3 Å². The van der Waals surface area contributed by atoms with Crippen LogP contribution in [0, 0.1) is 0 Å². The average Bonchev–Trinajstić information content (AvgIpc) is 2.99. The standard InChI is InChI=1S/C20H18BrClN2OS/c1-3-17-18(13-8-10-16(22)11-9-13)24(4-2)20(26-17)23-19(25)14-6-5-7-15(21)12-14/h5-12H,3-4H2,1-2H3. The SMILES string of the molecule is CCc1sc(=NC(=O)c2cccc(Br)c2)n(CC)c1-c1ccc(Cl)cc1. The van der Waals surface area contributed by atoms with E-state index in [-0.39, 0.29) is 5.91 Å². The molecule has 1 aromatic heterocycles. The van der Waals surface area contributed by atoms with Crippen LogP contribution in [0.3, 0.4) is 0 Å². The van der Waals surface area contributed by atoms with Gasteiger partial charge in [0.15, 0.2) is 4.80 Å². The molecule has 3 rings (SSSR count). The zero-order valence-corrected chi connectivity index (χ0v) is 17.7. The Morgan fingerprint density at radius 1 is 1.19 bits per heavy atom. The van der Waals surface area contributed by atoms with E-state index >= 15 is 0 Å². The van der Waals surface area contributed by atoms with Gasteiger partial charge in [-0.2, -0.15) is 4.99 Å². The lowest BCUT2D eigenvalue weighted by Gasteiger charge is -2.08. The summed E-state index contributed by atoms with van der Waals surface area (Å²) in [7, 11) is 0. The fraction of sp³-hybridized carbons (Fsp3) is 0.200. The van der Waals surface area contributed by atoms with E-state index in [1.807, 2.05) is 36.4 Å². The number of carbonyl (C=O) groups is 1. The first-order valence-electron chi connectivity index (χ1n) is 8.36. The minimum atomic E-state index is -0.236. The molecular formula is C20H18BrClN2OS. The third kappa shape index (κ3) is 4.00. The highest BCUT2D eigenvalue weighted by atomic mass is 79.9. The minimum absolute atomic E-state index is 0.236. The molecule has 0 radical (unpaired) electrons. The van der Waals surface area contributed by atoms with Crippen LogP contribution in [-0.4, -0.2) is 10.5 Å². The van der Waals surface area contributed by atoms with Gasteiger partial charge in [0.2, 0.25) is 0 Å². The molecule has 1 amide bonds. The Balaban J connectivity index is 2.13. The van der Waals surface area contributed by atoms with Crippen LogP contribution in [0.2, 0.25) is 5.02 Å². The van der Waals surface area contributed by atoms with Gasteiger partial charge >= 0.3 is 0 Å². The fourth-order valence-corrected chi connectivity index (χ4v) is 4.45. The molecule has 3 nitrogen and oxygen atoms in total. The molecule has 0 aliphatic carbocycles. The Labute approximate surface area is 170 Å². The fourth-order valence-electron chi connectivity index (χ4n) is 2.77. The number of amides is 1. The van der Waals surface area contributed by atoms with E-state index in [1.165, 1.54) is 4.88 Å². The van der Waals surface area contributed by atoms with Crippen molar-refractivity contribution in [1.82, 2.24) is 4.57 Å². The molecule has 0 unspecified atom stereocenters. The molecule has 134 valence electrons. The predicted molar refractivity (Wildman–Crippen MR) is 112 cm³/mol. The molecule has 0 aliphatic heterocycles. The maximum Gasteiger partial charge on any atom is 0.279 e. The summed E-state index contributed by atoms with van der Waals surface area (Å²) in [5.74, 6) is -0.236. The second kappa shape index (κ2) is 8.33. The number of aryl methyl sites for hydroxylation is 1. The Bertz CT molecular complexity index is 1010. The smallest absolute Gasteiger partial charge is 0.279 e. The van der Waals surface area contributed by atoms with Crippen LogP contribution in [-0.2, 0) is 13.0 Å². The van der Waals surface area contributed by atoms with Crippen molar-refractivity contribution in [3.63, 3.8) is 0 Å². The van der Waals surface area contributed by atoms with Crippen molar-refractivity contribution in [2.45, 2.75) is 26.8 Å². The van der Waals surface area contributed by atoms with Crippen molar-refractivity contribution >= 4 is 44.8 Å². The van der Waals surface area contributed by atoms with Gasteiger partial charge < -0.3 is 4.57 Å². The van der Waals surface area contributed by atoms with Crippen LogP contribution in [0.4, 0.5) is 0 Å². The molecule has 2 aromatic carbocycles. The van der Waals surface area contributed by atoms with Gasteiger partial charge in [0, 0.05) is 26.5 Å². The monoisotopic (exact) mass is 448 g/mol. The van der Waals surface area contributed by atoms with E-state index in [9.17, 15) is 4.79 Å². The molecule has 0 N–H and O–H groups in total. The number of hydrogen-bond donors (Lipinski definition) is 0. The minimum Gasteiger partial charge on any atom is -0.316 e. The number of nitrogens with zero attached hydrogens (tertiary/aromatic N) is 2. The van der Waals surface area contributed by atoms with E-state index in [2.05, 4.69) is 39.3 Å². The lowest BCUT2D eigenvalue weighted by molar-refractivity contribution is 0.0997. The number of aromatic nitrogens is 1. The largest absolute Gasteiger partial charge is 0.316 e. The Kier molecular flexibility index (Phi) is 6.12. The highest BCUT2D eigenvalue weighted by molar-refractivity contribution is 9.10. The number of benzene rings is 2. The maximum atomic E-state index is 12.6. The number of rotatable bonds is 4. The summed E-state index contributed by atoms with van der Waals surface area (Å²) in [5.41, 5.74) is 2.76. The first-order valence-corrected chi connectivity index (χ1v) is 10.3. The number of hydrogen-bond acceptors (Lipinski definition) is 2. The van der Waals surface area contributed by atoms with Gasteiger partial charge in [-0.05, 0) is 49.2 Å². The molecule has 0 fully saturated rings. The quantitative estimate of drug-likeness (QED) is 0.484. The Morgan fingerprint density at radius 3 is 2.54 bits per heavy atom. The summed E-state index contributed by atoms with van der Waals surface area (Å²) < 4.78 is 2.96. The molecule has 26 heavy (non-hydrogen) atoms. The van der Waals surface area contributed by atoms with Gasteiger partial charge in [-0.25, -0.2) is 0 Å². The molecule has 0 atom stereocenters. The summed E-state index contributed by atoms with van der Waals surface area (Å²) in [4.78, 5) is 18.9. The van der Waals surface area contributed by atoms with Crippen molar-refractivity contribution in [2.75, 3.05) is 0 Å². The number of halogens is 2. The topological polar surface area (TPSA) is 34.4 Å². The Morgan fingerprint density at radius 2 is 1.92 bits per heavy atom. The van der Waals surface area contributed by atoms with Crippen LogP contribution < -0.4 is 4.80 Å². The highest BCUT2D eigenvalue weighted by Crippen LogP contribution is 2.27. The van der Waals surface area contributed by atoms with Gasteiger partial charge in [-0.1, -0.05) is 52.7 Å². The summed E-state index contributed by atoms with van der Waals surface area (Å²) in [5, 5.41) is 0.708. The van der Waals surface area contributed by atoms with Crippen molar-refractivity contribution in [1.29, 1.82) is 0 Å². The van der Waals surface area contributed by atoms with Gasteiger partial charge in [-0.15, -0.1) is 11.3 Å². The summed E-state index contributed by atoms with van der Waals surface area (Å²) in [6, 6.07) is 15.1. The molecule has 0 spiro atoms. The van der Waals surface area contributed by atoms with Crippen molar-refractivity contribution in [2.24, 2.45) is 4.99 Å². The van der Waals surface area contributed by atoms with Crippen molar-refractivity contribution in [3.8, 4) is 11.3 Å². The van der Waals surface area contributed by atoms with Crippen molar-refractivity contribution < 1.29 is 4.79 Å². The average molecular weight is 450 g/mol. The summed E-state index contributed by atoms with van der Waals surface area (Å²) >= 11 is 11.0. The zero-order chi connectivity index (χ0) is 18.7. The van der Waals surface area contributed by atoms with Crippen LogP contribution >= 0.6 is 38.9 Å². The molecular weight excluding hydrogens is 432 g/mol. The highest BCUT2D eigenvalue weighted by Gasteiger charge is 2.15. The van der Waals surface area contributed by atoms with Crippen LogP contribution in [0.1, 0.15) is 29.1 Å². The Hall–Kier alpha value is -1.69. The number of thiazole rings is 1. The molecule has 1 heterocycles. The first kappa shape index (κ1) is 19.1. The van der Waals surface area contributed by atoms with E-state index in [0.29, 0.717) is 10.6 Å².